The average Bonchev–Trinajstić information content (AvgIpc) is 3.05. The topological polar surface area (TPSA) is 120 Å². The molecule has 10 heteroatoms. The predicted molar refractivity (Wildman–Crippen MR) is 201 cm³/mol. The maximum atomic E-state index is 12.5. The van der Waals surface area contributed by atoms with Crippen LogP contribution >= 0.6 is 21.6 Å². The largest absolute Gasteiger partial charge is 0.465 e. The van der Waals surface area contributed by atoms with Crippen LogP contribution in [-0.4, -0.2) is 58.1 Å². The van der Waals surface area contributed by atoms with Crippen LogP contribution in [0.1, 0.15) is 82.5 Å². The van der Waals surface area contributed by atoms with Crippen LogP contribution in [0.4, 0.5) is 4.79 Å². The highest BCUT2D eigenvalue weighted by molar-refractivity contribution is 8.77. The van der Waals surface area contributed by atoms with Gasteiger partial charge in [-0.3, -0.25) is 14.6 Å². The SMILES string of the molecule is CC/C=C\C/C=C\C/C=C\C/C=C\C/C=C\C/C=C\CCC(=O)NCCSSC(C)(C)[C@@H](CNC(=O)O)CNC(=O)c1cccnc1. The summed E-state index contributed by atoms with van der Waals surface area (Å²) in [4.78, 5) is 39.8. The van der Waals surface area contributed by atoms with Gasteiger partial charge < -0.3 is 21.1 Å². The molecule has 0 saturated carbocycles. The molecule has 0 aliphatic rings. The maximum Gasteiger partial charge on any atom is 0.404 e. The van der Waals surface area contributed by atoms with Crippen molar-refractivity contribution < 1.29 is 19.5 Å². The minimum absolute atomic E-state index is 0.0241. The molecule has 0 fully saturated rings. The van der Waals surface area contributed by atoms with Gasteiger partial charge in [-0.05, 0) is 70.9 Å². The number of aromatic nitrogens is 1. The molecule has 8 nitrogen and oxygen atoms in total. The fourth-order valence-corrected chi connectivity index (χ4v) is 6.72. The Kier molecular flexibility index (Phi) is 24.4. The molecule has 1 heterocycles. The zero-order valence-corrected chi connectivity index (χ0v) is 29.9. The summed E-state index contributed by atoms with van der Waals surface area (Å²) in [5.74, 6) is 0.322. The van der Waals surface area contributed by atoms with Crippen LogP contribution in [0.5, 0.6) is 0 Å². The molecule has 0 bridgehead atoms. The second kappa shape index (κ2) is 27.6. The lowest BCUT2D eigenvalue weighted by molar-refractivity contribution is -0.120. The van der Waals surface area contributed by atoms with Gasteiger partial charge in [-0.1, -0.05) is 101 Å². The van der Waals surface area contributed by atoms with Gasteiger partial charge in [-0.15, -0.1) is 0 Å². The van der Waals surface area contributed by atoms with Gasteiger partial charge in [0.05, 0.1) is 5.56 Å². The Morgan fingerprint density at radius 3 is 1.91 bits per heavy atom. The number of pyridine rings is 1. The summed E-state index contributed by atoms with van der Waals surface area (Å²) in [6.07, 6.45) is 34.9. The van der Waals surface area contributed by atoms with Crippen molar-refractivity contribution in [2.45, 2.75) is 76.9 Å². The molecule has 1 rings (SSSR count). The first-order chi connectivity index (χ1) is 22.8. The van der Waals surface area contributed by atoms with E-state index in [1.54, 1.807) is 39.9 Å². The number of amides is 3. The van der Waals surface area contributed by atoms with E-state index >= 15 is 0 Å². The van der Waals surface area contributed by atoms with Gasteiger partial charge in [-0.25, -0.2) is 4.79 Å². The molecule has 3 amide bonds. The normalized spacial score (nSPS) is 13.1. The highest BCUT2D eigenvalue weighted by atomic mass is 33.1. The quantitative estimate of drug-likeness (QED) is 0.0464. The second-order valence-corrected chi connectivity index (χ2v) is 14.2. The Morgan fingerprint density at radius 2 is 1.38 bits per heavy atom. The van der Waals surface area contributed by atoms with E-state index in [2.05, 4.69) is 94.7 Å². The molecule has 0 radical (unpaired) electrons. The Morgan fingerprint density at radius 1 is 0.830 bits per heavy atom. The van der Waals surface area contributed by atoms with Crippen molar-refractivity contribution >= 4 is 39.5 Å². The lowest BCUT2D eigenvalue weighted by atomic mass is 9.94. The first-order valence-electron chi connectivity index (χ1n) is 16.4. The smallest absolute Gasteiger partial charge is 0.404 e. The Bertz CT molecular complexity index is 1190. The average molecular weight is 683 g/mol. The van der Waals surface area contributed by atoms with E-state index in [1.807, 2.05) is 19.9 Å². The van der Waals surface area contributed by atoms with Gasteiger partial charge in [0.25, 0.3) is 5.91 Å². The number of rotatable bonds is 25. The van der Waals surface area contributed by atoms with Crippen molar-refractivity contribution in [3.8, 4) is 0 Å². The molecule has 0 unspecified atom stereocenters. The summed E-state index contributed by atoms with van der Waals surface area (Å²) in [6, 6.07) is 3.37. The van der Waals surface area contributed by atoms with Crippen LogP contribution in [0.3, 0.4) is 0 Å². The molecule has 0 aliphatic heterocycles. The molecule has 0 spiro atoms. The van der Waals surface area contributed by atoms with Crippen molar-refractivity contribution in [1.29, 1.82) is 0 Å². The van der Waals surface area contributed by atoms with E-state index in [-0.39, 0.29) is 29.0 Å². The Hall–Kier alpha value is -3.50. The van der Waals surface area contributed by atoms with Crippen molar-refractivity contribution in [2.75, 3.05) is 25.4 Å². The van der Waals surface area contributed by atoms with Crippen LogP contribution in [0, 0.1) is 5.92 Å². The second-order valence-electron chi connectivity index (χ2n) is 11.1. The minimum Gasteiger partial charge on any atom is -0.465 e. The van der Waals surface area contributed by atoms with Crippen molar-refractivity contribution in [2.24, 2.45) is 5.92 Å². The van der Waals surface area contributed by atoms with Crippen LogP contribution in [0.15, 0.2) is 97.4 Å². The fraction of sp³-hybridized carbons (Fsp3) is 0.459. The summed E-state index contributed by atoms with van der Waals surface area (Å²) in [6.45, 7) is 7.26. The Labute approximate surface area is 290 Å². The monoisotopic (exact) mass is 682 g/mol. The summed E-state index contributed by atoms with van der Waals surface area (Å²) in [7, 11) is 3.24. The van der Waals surface area contributed by atoms with E-state index in [0.717, 1.165) is 38.5 Å². The summed E-state index contributed by atoms with van der Waals surface area (Å²) < 4.78 is -0.352. The van der Waals surface area contributed by atoms with Crippen LogP contribution in [0.2, 0.25) is 0 Å². The summed E-state index contributed by atoms with van der Waals surface area (Å²) in [5.41, 5.74) is 0.453. The number of nitrogens with zero attached hydrogens (tertiary/aromatic N) is 1. The molecule has 0 aromatic carbocycles. The number of hydrogen-bond donors (Lipinski definition) is 4. The van der Waals surface area contributed by atoms with E-state index in [1.165, 1.54) is 6.20 Å². The number of carboxylic acid groups (broad SMARTS) is 1. The van der Waals surface area contributed by atoms with Crippen LogP contribution in [0.25, 0.3) is 0 Å². The number of allylic oxidation sites excluding steroid dienone is 12. The van der Waals surface area contributed by atoms with Gasteiger partial charge in [0.2, 0.25) is 5.91 Å². The number of carbonyl (C=O) groups is 3. The molecule has 1 aromatic rings. The van der Waals surface area contributed by atoms with Crippen molar-refractivity contribution in [3.63, 3.8) is 0 Å². The van der Waals surface area contributed by atoms with E-state index in [9.17, 15) is 14.4 Å². The molecule has 4 N–H and O–H groups in total. The van der Waals surface area contributed by atoms with Crippen molar-refractivity contribution in [3.05, 3.63) is 103 Å². The summed E-state index contributed by atoms with van der Waals surface area (Å²) >= 11 is 0. The number of carbonyl (C=O) groups excluding carboxylic acids is 2. The summed E-state index contributed by atoms with van der Waals surface area (Å²) in [5, 5.41) is 17.4. The fourth-order valence-electron chi connectivity index (χ4n) is 4.03. The molecule has 0 aliphatic carbocycles. The maximum absolute atomic E-state index is 12.5. The minimum atomic E-state index is -1.10. The molecule has 1 atom stereocenters. The predicted octanol–water partition coefficient (Wildman–Crippen LogP) is 8.45. The third-order valence-corrected chi connectivity index (χ3v) is 10.2. The van der Waals surface area contributed by atoms with Gasteiger partial charge in [-0.2, -0.15) is 0 Å². The lowest BCUT2D eigenvalue weighted by Gasteiger charge is -2.33. The van der Waals surface area contributed by atoms with E-state index < -0.39 is 6.09 Å². The third-order valence-electron chi connectivity index (χ3n) is 6.83. The first kappa shape index (κ1) is 41.5. The zero-order chi connectivity index (χ0) is 34.4. The number of hydrogen-bond acceptors (Lipinski definition) is 6. The standard InChI is InChI=1S/C37H54N4O4S2/c1-4-5-6-7-8-9-10-11-12-13-14-15-16-17-18-19-20-21-22-25-34(42)39-27-28-46-47-37(2,3)33(31-41-36(44)45)30-40-35(43)32-24-23-26-38-29-32/h5-6,8-9,11-12,14-15,17-18,20-21,23-24,26,29,33,41H,4,7,10,13,16,19,22,25,27-28,30-31H2,1-3H3,(H,39,42)(H,40,43)(H,44,45)/b6-5-,9-8-,12-11-,15-14-,18-17-,21-20-/t33-/m1/s1. The molecular weight excluding hydrogens is 629 g/mol. The van der Waals surface area contributed by atoms with E-state index in [0.29, 0.717) is 37.2 Å². The molecule has 47 heavy (non-hydrogen) atoms. The molecule has 258 valence electrons. The van der Waals surface area contributed by atoms with Gasteiger partial charge >= 0.3 is 6.09 Å². The van der Waals surface area contributed by atoms with Crippen LogP contribution < -0.4 is 16.0 Å². The Balaban J connectivity index is 2.19. The molecule has 1 aromatic heterocycles. The lowest BCUT2D eigenvalue weighted by Crippen LogP contribution is -2.44. The van der Waals surface area contributed by atoms with Gasteiger partial charge in [0.1, 0.15) is 0 Å². The third kappa shape index (κ3) is 23.5. The van der Waals surface area contributed by atoms with Crippen LogP contribution in [-0.2, 0) is 4.79 Å². The number of nitrogens with one attached hydrogen (secondary N) is 3. The molecular formula is C37H54N4O4S2. The zero-order valence-electron chi connectivity index (χ0n) is 28.2. The first-order valence-corrected chi connectivity index (χ1v) is 18.7. The highest BCUT2D eigenvalue weighted by Crippen LogP contribution is 2.40. The van der Waals surface area contributed by atoms with Gasteiger partial charge in [0, 0.05) is 54.9 Å². The molecule has 0 saturated heterocycles. The van der Waals surface area contributed by atoms with Crippen molar-refractivity contribution in [1.82, 2.24) is 20.9 Å². The van der Waals surface area contributed by atoms with Gasteiger partial charge in [0.15, 0.2) is 0 Å². The van der Waals surface area contributed by atoms with E-state index in [4.69, 9.17) is 5.11 Å². The highest BCUT2D eigenvalue weighted by Gasteiger charge is 2.31.